The minimum absolute atomic E-state index is 0.00266. The zero-order chi connectivity index (χ0) is 31.2. The Kier molecular flexibility index (Phi) is 8.93. The molecule has 0 bridgehead atoms. The molecule has 2 heterocycles. The number of hydrogen-bond donors (Lipinski definition) is 2. The van der Waals surface area contributed by atoms with Crippen LogP contribution in [0.25, 0.3) is 0 Å². The first-order valence-corrected chi connectivity index (χ1v) is 13.9. The van der Waals surface area contributed by atoms with Gasteiger partial charge in [-0.15, -0.1) is 0 Å². The monoisotopic (exact) mass is 593 g/mol. The van der Waals surface area contributed by atoms with Crippen molar-refractivity contribution in [3.8, 4) is 6.07 Å². The second-order valence-electron chi connectivity index (χ2n) is 9.92. The molecule has 1 fully saturated rings. The van der Waals surface area contributed by atoms with Gasteiger partial charge in [0.05, 0.1) is 73.2 Å². The third kappa shape index (κ3) is 5.58. The summed E-state index contributed by atoms with van der Waals surface area (Å²) in [5.41, 5.74) is 8.49. The maximum Gasteiger partial charge on any atom is 0.355 e. The number of anilines is 3. The molecule has 0 saturated carbocycles. The molecule has 2 aliphatic heterocycles. The molecule has 1 atom stereocenters. The van der Waals surface area contributed by atoms with Crippen molar-refractivity contribution in [2.75, 3.05) is 55.6 Å². The molecule has 5 rings (SSSR count). The van der Waals surface area contributed by atoms with Gasteiger partial charge in [0, 0.05) is 13.1 Å². The highest BCUT2D eigenvalue weighted by molar-refractivity contribution is 6.12. The summed E-state index contributed by atoms with van der Waals surface area (Å²) in [4.78, 5) is 44.2. The number of carbonyl (C=O) groups is 3. The number of esters is 2. The van der Waals surface area contributed by atoms with Crippen LogP contribution in [0.4, 0.5) is 17.1 Å². The van der Waals surface area contributed by atoms with Crippen LogP contribution < -0.4 is 20.9 Å². The number of ether oxygens (including phenoxy) is 3. The number of carbonyl (C=O) groups excluding carboxylic acids is 3. The van der Waals surface area contributed by atoms with E-state index in [0.29, 0.717) is 37.6 Å². The van der Waals surface area contributed by atoms with Gasteiger partial charge in [0.2, 0.25) is 0 Å². The van der Waals surface area contributed by atoms with Gasteiger partial charge >= 0.3 is 11.9 Å². The largest absolute Gasteiger partial charge is 0.466 e. The van der Waals surface area contributed by atoms with Crippen LogP contribution in [-0.2, 0) is 23.8 Å². The summed E-state index contributed by atoms with van der Waals surface area (Å²) in [5.74, 6) is -3.42. The van der Waals surface area contributed by atoms with E-state index < -0.39 is 23.8 Å². The summed E-state index contributed by atoms with van der Waals surface area (Å²) in [6.07, 6.45) is 0. The number of para-hydroxylation sites is 3. The molecule has 11 heteroatoms. The first kappa shape index (κ1) is 29.9. The van der Waals surface area contributed by atoms with E-state index in [0.717, 1.165) is 5.69 Å². The average Bonchev–Trinajstić information content (AvgIpc) is 3.08. The minimum Gasteiger partial charge on any atom is -0.466 e. The van der Waals surface area contributed by atoms with Crippen LogP contribution >= 0.6 is 0 Å². The second kappa shape index (κ2) is 13.1. The number of nitrogens with one attached hydrogen (secondary N) is 1. The average molecular weight is 594 g/mol. The van der Waals surface area contributed by atoms with Crippen molar-refractivity contribution in [1.29, 1.82) is 5.26 Å². The molecule has 0 spiro atoms. The van der Waals surface area contributed by atoms with Gasteiger partial charge in [-0.05, 0) is 29.8 Å². The Hall–Kier alpha value is -5.60. The van der Waals surface area contributed by atoms with Gasteiger partial charge in [-0.25, -0.2) is 9.59 Å². The molecular weight excluding hydrogens is 562 g/mol. The third-order valence-electron chi connectivity index (χ3n) is 7.50. The summed E-state index contributed by atoms with van der Waals surface area (Å²) < 4.78 is 15.7. The molecule has 11 nitrogen and oxygen atoms in total. The van der Waals surface area contributed by atoms with Crippen molar-refractivity contribution >= 4 is 34.9 Å². The lowest BCUT2D eigenvalue weighted by molar-refractivity contribution is -0.139. The van der Waals surface area contributed by atoms with Crippen LogP contribution in [0.1, 0.15) is 21.8 Å². The van der Waals surface area contributed by atoms with Crippen molar-refractivity contribution in [2.24, 2.45) is 5.73 Å². The van der Waals surface area contributed by atoms with Crippen LogP contribution in [0.5, 0.6) is 0 Å². The number of nitriles is 1. The topological polar surface area (TPSA) is 147 Å². The van der Waals surface area contributed by atoms with E-state index in [1.165, 1.54) is 19.1 Å². The smallest absolute Gasteiger partial charge is 0.355 e. The molecule has 1 amide bonds. The van der Waals surface area contributed by atoms with Gasteiger partial charge in [0.15, 0.2) is 0 Å². The van der Waals surface area contributed by atoms with Gasteiger partial charge in [-0.3, -0.25) is 9.69 Å². The van der Waals surface area contributed by atoms with Gasteiger partial charge in [0.25, 0.3) is 5.91 Å². The molecule has 0 aliphatic carbocycles. The van der Waals surface area contributed by atoms with Crippen LogP contribution in [0, 0.1) is 11.3 Å². The van der Waals surface area contributed by atoms with Crippen LogP contribution in [0.3, 0.4) is 0 Å². The Balaban J connectivity index is 1.66. The second-order valence-corrected chi connectivity index (χ2v) is 9.92. The fourth-order valence-electron chi connectivity index (χ4n) is 5.47. The molecule has 3 aromatic carbocycles. The number of allylic oxidation sites excluding steroid dienone is 1. The van der Waals surface area contributed by atoms with E-state index in [1.54, 1.807) is 60.7 Å². The Labute approximate surface area is 254 Å². The van der Waals surface area contributed by atoms with Crippen molar-refractivity contribution in [3.63, 3.8) is 0 Å². The summed E-state index contributed by atoms with van der Waals surface area (Å²) in [6.45, 7) is 2.48. The number of morpholine rings is 1. The quantitative estimate of drug-likeness (QED) is 0.389. The fraction of sp³-hybridized carbons (Fsp3) is 0.212. The van der Waals surface area contributed by atoms with Gasteiger partial charge in [-0.2, -0.15) is 5.26 Å². The molecule has 3 N–H and O–H groups in total. The van der Waals surface area contributed by atoms with E-state index in [4.69, 9.17) is 19.9 Å². The Bertz CT molecular complexity index is 1690. The Morgan fingerprint density at radius 1 is 0.886 bits per heavy atom. The standard InChI is InChI=1S/C33H31N5O6/c1-42-32(40)28-27(21-10-4-3-5-11-21)23(20-34)30(35)38(29(28)33(41)43-2)25-14-8-6-12-22(25)31(39)36-24-13-7-9-15-26(24)37-16-18-44-19-17-37/h3-15,27H,16-19,35H2,1-2H3,(H,36,39). The summed E-state index contributed by atoms with van der Waals surface area (Å²) in [7, 11) is 2.35. The molecule has 44 heavy (non-hydrogen) atoms. The Morgan fingerprint density at radius 2 is 1.50 bits per heavy atom. The zero-order valence-electron chi connectivity index (χ0n) is 24.3. The lowest BCUT2D eigenvalue weighted by Gasteiger charge is -2.36. The molecule has 2 aliphatic rings. The molecule has 0 aromatic heterocycles. The predicted octanol–water partition coefficient (Wildman–Crippen LogP) is 3.67. The molecule has 3 aromatic rings. The van der Waals surface area contributed by atoms with Crippen LogP contribution in [0.2, 0.25) is 0 Å². The van der Waals surface area contributed by atoms with Gasteiger partial charge in [-0.1, -0.05) is 54.6 Å². The minimum atomic E-state index is -1.03. The van der Waals surface area contributed by atoms with Crippen LogP contribution in [0.15, 0.2) is 102 Å². The molecule has 1 saturated heterocycles. The molecule has 224 valence electrons. The van der Waals surface area contributed by atoms with Crippen molar-refractivity contribution in [3.05, 3.63) is 113 Å². The first-order valence-electron chi connectivity index (χ1n) is 13.9. The third-order valence-corrected chi connectivity index (χ3v) is 7.50. The highest BCUT2D eigenvalue weighted by atomic mass is 16.5. The van der Waals surface area contributed by atoms with E-state index >= 15 is 0 Å². The van der Waals surface area contributed by atoms with Crippen molar-refractivity contribution in [1.82, 2.24) is 0 Å². The molecule has 1 unspecified atom stereocenters. The van der Waals surface area contributed by atoms with Crippen molar-refractivity contribution < 1.29 is 28.6 Å². The van der Waals surface area contributed by atoms with E-state index in [1.807, 2.05) is 18.2 Å². The number of nitrogens with two attached hydrogens (primary N) is 1. The lowest BCUT2D eigenvalue weighted by Crippen LogP contribution is -2.41. The number of methoxy groups -OCH3 is 2. The predicted molar refractivity (Wildman–Crippen MR) is 163 cm³/mol. The number of nitrogens with zero attached hydrogens (tertiary/aromatic N) is 3. The van der Waals surface area contributed by atoms with Crippen molar-refractivity contribution in [2.45, 2.75) is 5.92 Å². The SMILES string of the molecule is COC(=O)C1=C(C(=O)OC)N(c2ccccc2C(=O)Nc2ccccc2N2CCOCC2)C(N)=C(C#N)C1c1ccccc1. The zero-order valence-corrected chi connectivity index (χ0v) is 24.3. The van der Waals surface area contributed by atoms with Gasteiger partial charge in [0.1, 0.15) is 11.5 Å². The number of hydrogen-bond acceptors (Lipinski definition) is 10. The van der Waals surface area contributed by atoms with E-state index in [9.17, 15) is 19.6 Å². The normalized spacial score (nSPS) is 16.7. The highest BCUT2D eigenvalue weighted by Gasteiger charge is 2.43. The Morgan fingerprint density at radius 3 is 2.16 bits per heavy atom. The molecular formula is C33H31N5O6. The maximum absolute atomic E-state index is 13.9. The number of amides is 1. The summed E-state index contributed by atoms with van der Waals surface area (Å²) in [5, 5.41) is 13.3. The van der Waals surface area contributed by atoms with Gasteiger partial charge < -0.3 is 30.2 Å². The van der Waals surface area contributed by atoms with E-state index in [-0.39, 0.29) is 33.9 Å². The number of rotatable bonds is 7. The summed E-state index contributed by atoms with van der Waals surface area (Å²) >= 11 is 0. The van der Waals surface area contributed by atoms with Crippen LogP contribution in [-0.4, -0.2) is 58.4 Å². The summed E-state index contributed by atoms with van der Waals surface area (Å²) in [6, 6.07) is 24.7. The molecule has 0 radical (unpaired) electrons. The van der Waals surface area contributed by atoms with E-state index in [2.05, 4.69) is 16.3 Å². The maximum atomic E-state index is 13.9. The number of benzene rings is 3. The highest BCUT2D eigenvalue weighted by Crippen LogP contribution is 2.44. The lowest BCUT2D eigenvalue weighted by atomic mass is 9.80. The first-order chi connectivity index (χ1) is 21.4. The fourth-order valence-corrected chi connectivity index (χ4v) is 5.47.